The number of hydrogen-bond acceptors (Lipinski definition) is 4. The van der Waals surface area contributed by atoms with E-state index >= 15 is 0 Å². The molecule has 0 N–H and O–H groups in total. The topological polar surface area (TPSA) is 44.8 Å². The van der Waals surface area contributed by atoms with Crippen LogP contribution in [0.15, 0.2) is 12.1 Å². The van der Waals surface area contributed by atoms with Crippen LogP contribution in [0.25, 0.3) is 0 Å². The van der Waals surface area contributed by atoms with Crippen molar-refractivity contribution in [1.82, 2.24) is 5.06 Å². The zero-order valence-electron chi connectivity index (χ0n) is 22.3. The Morgan fingerprint density at radius 2 is 1.21 bits per heavy atom. The lowest BCUT2D eigenvalue weighted by Gasteiger charge is -2.25. The number of hydroxylamine groups is 2. The predicted octanol–water partition coefficient (Wildman–Crippen LogP) is 8.83. The van der Waals surface area contributed by atoms with E-state index in [1.807, 2.05) is 6.07 Å². The van der Waals surface area contributed by atoms with Gasteiger partial charge in [-0.2, -0.15) is 0 Å². The van der Waals surface area contributed by atoms with Gasteiger partial charge >= 0.3 is 0 Å². The third kappa shape index (κ3) is 14.6. The number of benzene rings is 1. The lowest BCUT2D eigenvalue weighted by Crippen LogP contribution is -2.11. The minimum atomic E-state index is 0.318. The van der Waals surface area contributed by atoms with E-state index < -0.39 is 0 Å². The summed E-state index contributed by atoms with van der Waals surface area (Å²) in [7, 11) is 3.21. The maximum atomic E-state index is 11.6. The standard InChI is InChI=1S/C29H52NO3/c1-5-7-8-9-10-11-12-13-14-15-16-17-18-19-20-21-22-33-29-27(25-30(3)31)23-26(6-2)24-28(29)32-4/h23-24H,5-22,25H2,1-4H3/q-1. The van der Waals surface area contributed by atoms with Gasteiger partial charge in [0.05, 0.1) is 13.7 Å². The Labute approximate surface area is 205 Å². The molecule has 0 saturated carbocycles. The second-order valence-corrected chi connectivity index (χ2v) is 9.58. The summed E-state index contributed by atoms with van der Waals surface area (Å²) in [6.45, 7) is 5.39. The molecule has 0 aromatic heterocycles. The molecule has 1 aromatic rings. The van der Waals surface area contributed by atoms with Gasteiger partial charge < -0.3 is 19.7 Å². The molecule has 0 aliphatic carbocycles. The van der Waals surface area contributed by atoms with Crippen LogP contribution < -0.4 is 9.47 Å². The first kappa shape index (κ1) is 29.8. The minimum absolute atomic E-state index is 0.318. The maximum Gasteiger partial charge on any atom is 0.165 e. The smallest absolute Gasteiger partial charge is 0.165 e. The lowest BCUT2D eigenvalue weighted by molar-refractivity contribution is 0.277. The van der Waals surface area contributed by atoms with E-state index in [4.69, 9.17) is 9.47 Å². The van der Waals surface area contributed by atoms with Crippen LogP contribution in [-0.4, -0.2) is 25.8 Å². The fourth-order valence-electron chi connectivity index (χ4n) is 4.42. The molecule has 0 aliphatic rings. The molecule has 0 bridgehead atoms. The summed E-state index contributed by atoms with van der Waals surface area (Å²) in [4.78, 5) is 0. The van der Waals surface area contributed by atoms with Crippen LogP contribution >= 0.6 is 0 Å². The first-order valence-electron chi connectivity index (χ1n) is 13.8. The minimum Gasteiger partial charge on any atom is -0.785 e. The van der Waals surface area contributed by atoms with Crippen LogP contribution in [0, 0.1) is 5.21 Å². The highest BCUT2D eigenvalue weighted by Crippen LogP contribution is 2.34. The van der Waals surface area contributed by atoms with Crippen molar-refractivity contribution in [3.63, 3.8) is 0 Å². The summed E-state index contributed by atoms with van der Waals surface area (Å²) in [6.07, 6.45) is 22.7. The van der Waals surface area contributed by atoms with Gasteiger partial charge in [-0.15, -0.1) is 0 Å². The number of hydrogen-bond donors (Lipinski definition) is 0. The van der Waals surface area contributed by atoms with Gasteiger partial charge in [0.25, 0.3) is 0 Å². The largest absolute Gasteiger partial charge is 0.785 e. The second-order valence-electron chi connectivity index (χ2n) is 9.58. The maximum absolute atomic E-state index is 11.6. The Kier molecular flexibility index (Phi) is 18.2. The number of ether oxygens (including phenoxy) is 2. The van der Waals surface area contributed by atoms with E-state index in [0.29, 0.717) is 13.2 Å². The van der Waals surface area contributed by atoms with Crippen molar-refractivity contribution < 1.29 is 9.47 Å². The van der Waals surface area contributed by atoms with Crippen LogP contribution in [0.5, 0.6) is 11.5 Å². The number of methoxy groups -OCH3 is 1. The summed E-state index contributed by atoms with van der Waals surface area (Å²) in [5.74, 6) is 1.47. The van der Waals surface area contributed by atoms with Gasteiger partial charge in [-0.3, -0.25) is 0 Å². The SMILES string of the molecule is CCCCCCCCCCCCCCCCCCOc1c(CN(C)[O-])cc(CC)cc1OC. The molecule has 0 heterocycles. The van der Waals surface area contributed by atoms with Crippen molar-refractivity contribution in [3.8, 4) is 11.5 Å². The zero-order chi connectivity index (χ0) is 24.2. The van der Waals surface area contributed by atoms with E-state index in [1.54, 1.807) is 14.2 Å². The van der Waals surface area contributed by atoms with E-state index in [0.717, 1.165) is 35.0 Å². The van der Waals surface area contributed by atoms with Crippen molar-refractivity contribution in [3.05, 3.63) is 28.5 Å². The molecule has 0 amide bonds. The molecule has 0 aliphatic heterocycles. The highest BCUT2D eigenvalue weighted by Gasteiger charge is 2.13. The highest BCUT2D eigenvalue weighted by molar-refractivity contribution is 5.49. The van der Waals surface area contributed by atoms with Gasteiger partial charge in [-0.05, 0) is 31.5 Å². The molecule has 4 heteroatoms. The van der Waals surface area contributed by atoms with E-state index in [1.165, 1.54) is 102 Å². The molecule has 192 valence electrons. The normalized spacial score (nSPS) is 11.3. The van der Waals surface area contributed by atoms with Crippen LogP contribution in [-0.2, 0) is 13.0 Å². The molecule has 4 nitrogen and oxygen atoms in total. The summed E-state index contributed by atoms with van der Waals surface area (Å²) in [5, 5.41) is 12.6. The summed E-state index contributed by atoms with van der Waals surface area (Å²) >= 11 is 0. The number of rotatable bonds is 22. The third-order valence-electron chi connectivity index (χ3n) is 6.46. The molecular formula is C29H52NO3-. The van der Waals surface area contributed by atoms with E-state index in [-0.39, 0.29) is 0 Å². The Morgan fingerprint density at radius 1 is 0.727 bits per heavy atom. The molecule has 1 aromatic carbocycles. The average molecular weight is 463 g/mol. The summed E-state index contributed by atoms with van der Waals surface area (Å²) in [5.41, 5.74) is 2.08. The van der Waals surface area contributed by atoms with Crippen molar-refractivity contribution in [2.24, 2.45) is 0 Å². The molecular weight excluding hydrogens is 410 g/mol. The number of unbranched alkanes of at least 4 members (excludes halogenated alkanes) is 15. The molecule has 0 spiro atoms. The third-order valence-corrected chi connectivity index (χ3v) is 6.46. The van der Waals surface area contributed by atoms with Crippen molar-refractivity contribution >= 4 is 0 Å². The molecule has 0 unspecified atom stereocenters. The van der Waals surface area contributed by atoms with Crippen LogP contribution in [0.3, 0.4) is 0 Å². The fraction of sp³-hybridized carbons (Fsp3) is 0.793. The highest BCUT2D eigenvalue weighted by atomic mass is 16.5. The first-order valence-corrected chi connectivity index (χ1v) is 13.8. The predicted molar refractivity (Wildman–Crippen MR) is 142 cm³/mol. The summed E-state index contributed by atoms with van der Waals surface area (Å²) in [6, 6.07) is 4.09. The van der Waals surface area contributed by atoms with Gasteiger partial charge in [0.2, 0.25) is 0 Å². The fourth-order valence-corrected chi connectivity index (χ4v) is 4.42. The van der Waals surface area contributed by atoms with Gasteiger partial charge in [-0.1, -0.05) is 116 Å². The molecule has 33 heavy (non-hydrogen) atoms. The van der Waals surface area contributed by atoms with Gasteiger partial charge in [0.1, 0.15) is 0 Å². The van der Waals surface area contributed by atoms with Gasteiger partial charge in [0.15, 0.2) is 11.5 Å². The van der Waals surface area contributed by atoms with Crippen molar-refractivity contribution in [2.45, 2.75) is 130 Å². The van der Waals surface area contributed by atoms with Crippen LogP contribution in [0.2, 0.25) is 0 Å². The monoisotopic (exact) mass is 462 g/mol. The molecule has 0 radical (unpaired) electrons. The second kappa shape index (κ2) is 20.1. The zero-order valence-corrected chi connectivity index (χ0v) is 22.3. The molecule has 1 rings (SSSR count). The first-order chi connectivity index (χ1) is 16.1. The number of nitrogens with zero attached hydrogens (tertiary/aromatic N) is 1. The van der Waals surface area contributed by atoms with E-state index in [9.17, 15) is 5.21 Å². The van der Waals surface area contributed by atoms with Gasteiger partial charge in [-0.25, -0.2) is 0 Å². The Balaban J connectivity index is 2.08. The van der Waals surface area contributed by atoms with Crippen molar-refractivity contribution in [2.75, 3.05) is 20.8 Å². The quantitative estimate of drug-likeness (QED) is 0.127. The Morgan fingerprint density at radius 3 is 1.64 bits per heavy atom. The summed E-state index contributed by atoms with van der Waals surface area (Å²) < 4.78 is 11.6. The average Bonchev–Trinajstić information content (AvgIpc) is 2.81. The lowest BCUT2D eigenvalue weighted by atomic mass is 10.0. The number of aryl methyl sites for hydroxylation is 1. The Bertz CT molecular complexity index is 588. The molecule has 0 atom stereocenters. The van der Waals surface area contributed by atoms with Crippen LogP contribution in [0.4, 0.5) is 0 Å². The molecule has 0 saturated heterocycles. The van der Waals surface area contributed by atoms with Crippen molar-refractivity contribution in [1.29, 1.82) is 0 Å². The Hall–Kier alpha value is -1.26. The molecule has 0 fully saturated rings. The van der Waals surface area contributed by atoms with E-state index in [2.05, 4.69) is 19.9 Å². The van der Waals surface area contributed by atoms with Gasteiger partial charge in [0, 0.05) is 12.1 Å². The van der Waals surface area contributed by atoms with Crippen LogP contribution in [0.1, 0.15) is 128 Å².